The van der Waals surface area contributed by atoms with Gasteiger partial charge in [0.1, 0.15) is 36.1 Å². The Morgan fingerprint density at radius 3 is 2.72 bits per heavy atom. The number of aliphatic hydroxyl groups excluding tert-OH is 3. The zero-order valence-electron chi connectivity index (χ0n) is 13.4. The Morgan fingerprint density at radius 1 is 1.28 bits per heavy atom. The number of anilines is 1. The molecule has 0 aromatic carbocycles. The van der Waals surface area contributed by atoms with E-state index < -0.39 is 31.1 Å². The molecule has 132 valence electrons. The number of hydrogen-bond acceptors (Lipinski definition) is 8. The van der Waals surface area contributed by atoms with Crippen molar-refractivity contribution in [3.8, 4) is 11.3 Å². The maximum Gasteiger partial charge on any atom is 0.164 e. The maximum atomic E-state index is 10.3. The van der Waals surface area contributed by atoms with Gasteiger partial charge in [-0.05, 0) is 0 Å². The van der Waals surface area contributed by atoms with Crippen molar-refractivity contribution in [1.29, 1.82) is 0 Å². The fourth-order valence-corrected chi connectivity index (χ4v) is 3.22. The van der Waals surface area contributed by atoms with Gasteiger partial charge in [-0.25, -0.2) is 15.0 Å². The van der Waals surface area contributed by atoms with Crippen LogP contribution in [-0.2, 0) is 11.8 Å². The van der Waals surface area contributed by atoms with Crippen LogP contribution in [0.2, 0.25) is 0 Å². The summed E-state index contributed by atoms with van der Waals surface area (Å²) < 4.78 is 9.04. The molecule has 0 amide bonds. The number of nitrogen functional groups attached to an aromatic ring is 1. The molecule has 5 N–H and O–H groups in total. The van der Waals surface area contributed by atoms with Gasteiger partial charge in [0.15, 0.2) is 6.23 Å². The monoisotopic (exact) mass is 346 g/mol. The summed E-state index contributed by atoms with van der Waals surface area (Å²) in [6.07, 6.45) is 2.18. The molecule has 25 heavy (non-hydrogen) atoms. The Balaban J connectivity index is 1.92. The van der Waals surface area contributed by atoms with Crippen LogP contribution in [0, 0.1) is 0 Å². The van der Waals surface area contributed by atoms with Gasteiger partial charge in [0.2, 0.25) is 0 Å². The summed E-state index contributed by atoms with van der Waals surface area (Å²) in [6, 6.07) is 0. The van der Waals surface area contributed by atoms with E-state index in [1.807, 2.05) is 11.6 Å². The van der Waals surface area contributed by atoms with Crippen LogP contribution in [0.1, 0.15) is 6.23 Å². The van der Waals surface area contributed by atoms with Crippen molar-refractivity contribution in [2.45, 2.75) is 24.5 Å². The minimum atomic E-state index is -1.22. The van der Waals surface area contributed by atoms with E-state index >= 15 is 0 Å². The highest BCUT2D eigenvalue weighted by Gasteiger charge is 2.44. The maximum absolute atomic E-state index is 10.3. The molecule has 0 unspecified atom stereocenters. The second-order valence-corrected chi connectivity index (χ2v) is 6.03. The molecule has 1 aliphatic heterocycles. The predicted molar refractivity (Wildman–Crippen MR) is 87.2 cm³/mol. The van der Waals surface area contributed by atoms with Crippen LogP contribution in [-0.4, -0.2) is 64.3 Å². The third kappa shape index (κ3) is 2.30. The van der Waals surface area contributed by atoms with Gasteiger partial charge in [-0.1, -0.05) is 0 Å². The number of nitrogens with two attached hydrogens (primary N) is 1. The van der Waals surface area contributed by atoms with Gasteiger partial charge in [-0.2, -0.15) is 0 Å². The van der Waals surface area contributed by atoms with Crippen LogP contribution in [0.5, 0.6) is 0 Å². The van der Waals surface area contributed by atoms with Crippen LogP contribution in [0.3, 0.4) is 0 Å². The topological polar surface area (TPSA) is 144 Å². The van der Waals surface area contributed by atoms with Gasteiger partial charge in [-0.15, -0.1) is 0 Å². The summed E-state index contributed by atoms with van der Waals surface area (Å²) in [4.78, 5) is 12.4. The Labute approximate surface area is 142 Å². The van der Waals surface area contributed by atoms with E-state index in [4.69, 9.17) is 10.5 Å². The summed E-state index contributed by atoms with van der Waals surface area (Å²) >= 11 is 0. The van der Waals surface area contributed by atoms with Gasteiger partial charge in [0.05, 0.1) is 30.2 Å². The zero-order chi connectivity index (χ0) is 17.7. The molecule has 0 spiro atoms. The van der Waals surface area contributed by atoms with Crippen LogP contribution in [0.25, 0.3) is 22.3 Å². The molecule has 4 rings (SSSR count). The van der Waals surface area contributed by atoms with Gasteiger partial charge in [0.25, 0.3) is 0 Å². The number of aryl methyl sites for hydroxylation is 1. The minimum absolute atomic E-state index is 0.284. The highest BCUT2D eigenvalue weighted by atomic mass is 16.6. The standard InChI is InChI=1S/C15H18N6O4/c1-20-6-17-2-8(20)7-3-21(14-10(7)13(16)18-5-19-14)15-12(24)11(23)9(4-22)25-15/h2-3,5-6,9,11-12,15,22-24H,4H2,1H3,(H2,16,18,19)/t9-,11-,12-,15-/m1/s1. The quantitative estimate of drug-likeness (QED) is 0.474. The number of hydrogen-bond donors (Lipinski definition) is 4. The average molecular weight is 346 g/mol. The summed E-state index contributed by atoms with van der Waals surface area (Å²) in [6.45, 7) is -0.403. The number of nitrogens with zero attached hydrogens (tertiary/aromatic N) is 5. The fourth-order valence-electron chi connectivity index (χ4n) is 3.22. The lowest BCUT2D eigenvalue weighted by atomic mass is 10.1. The third-order valence-corrected chi connectivity index (χ3v) is 4.52. The SMILES string of the molecule is Cn1cncc1-c1cn([C@@H]2O[C@H](CO)[C@@H](O)[C@H]2O)c2ncnc(N)c12. The third-order valence-electron chi connectivity index (χ3n) is 4.52. The van der Waals surface area contributed by atoms with Crippen molar-refractivity contribution < 1.29 is 20.1 Å². The Kier molecular flexibility index (Phi) is 3.69. The number of imidazole rings is 1. The number of aliphatic hydroxyl groups is 3. The molecule has 3 aromatic heterocycles. The molecule has 4 heterocycles. The largest absolute Gasteiger partial charge is 0.394 e. The van der Waals surface area contributed by atoms with Crippen LogP contribution in [0.4, 0.5) is 5.82 Å². The molecular weight excluding hydrogens is 328 g/mol. The lowest BCUT2D eigenvalue weighted by Crippen LogP contribution is -2.33. The summed E-state index contributed by atoms with van der Waals surface area (Å²) in [7, 11) is 1.85. The van der Waals surface area contributed by atoms with Crippen molar-refractivity contribution in [2.75, 3.05) is 12.3 Å². The highest BCUT2D eigenvalue weighted by Crippen LogP contribution is 2.37. The first-order valence-corrected chi connectivity index (χ1v) is 7.73. The van der Waals surface area contributed by atoms with Crippen molar-refractivity contribution >= 4 is 16.9 Å². The Bertz CT molecular complexity index is 922. The molecule has 10 nitrogen and oxygen atoms in total. The van der Waals surface area contributed by atoms with E-state index in [1.165, 1.54) is 6.33 Å². The number of fused-ring (bicyclic) bond motifs is 1. The first-order chi connectivity index (χ1) is 12.0. The van der Waals surface area contributed by atoms with Crippen molar-refractivity contribution in [3.05, 3.63) is 25.0 Å². The molecule has 4 atom stereocenters. The van der Waals surface area contributed by atoms with E-state index in [-0.39, 0.29) is 5.82 Å². The van der Waals surface area contributed by atoms with E-state index in [1.54, 1.807) is 23.3 Å². The summed E-state index contributed by atoms with van der Waals surface area (Å²) in [5, 5.41) is 30.3. The van der Waals surface area contributed by atoms with Crippen molar-refractivity contribution in [3.63, 3.8) is 0 Å². The van der Waals surface area contributed by atoms with Gasteiger partial charge in [-0.3, -0.25) is 0 Å². The molecule has 1 aliphatic rings. The second-order valence-electron chi connectivity index (χ2n) is 6.03. The van der Waals surface area contributed by atoms with E-state index in [9.17, 15) is 15.3 Å². The number of ether oxygens (including phenoxy) is 1. The molecule has 0 aliphatic carbocycles. The zero-order valence-corrected chi connectivity index (χ0v) is 13.4. The van der Waals surface area contributed by atoms with Crippen LogP contribution >= 0.6 is 0 Å². The van der Waals surface area contributed by atoms with Gasteiger partial charge < -0.3 is 34.9 Å². The van der Waals surface area contributed by atoms with Crippen molar-refractivity contribution in [1.82, 2.24) is 24.1 Å². The fraction of sp³-hybridized carbons (Fsp3) is 0.400. The van der Waals surface area contributed by atoms with Crippen molar-refractivity contribution in [2.24, 2.45) is 7.05 Å². The van der Waals surface area contributed by atoms with E-state index in [2.05, 4.69) is 15.0 Å². The van der Waals surface area contributed by atoms with Crippen LogP contribution < -0.4 is 5.73 Å². The molecular formula is C15H18N6O4. The average Bonchev–Trinajstić information content (AvgIpc) is 3.26. The van der Waals surface area contributed by atoms with Gasteiger partial charge in [0, 0.05) is 18.8 Å². The Hall–Kier alpha value is -2.53. The molecule has 1 saturated heterocycles. The molecule has 10 heteroatoms. The lowest BCUT2D eigenvalue weighted by Gasteiger charge is -2.17. The predicted octanol–water partition coefficient (Wildman–Crippen LogP) is -0.975. The molecule has 0 bridgehead atoms. The normalized spacial score (nSPS) is 26.6. The second kappa shape index (κ2) is 5.77. The number of aromatic nitrogens is 5. The minimum Gasteiger partial charge on any atom is -0.394 e. The smallest absolute Gasteiger partial charge is 0.164 e. The van der Waals surface area contributed by atoms with Gasteiger partial charge >= 0.3 is 0 Å². The first-order valence-electron chi connectivity index (χ1n) is 7.73. The number of rotatable bonds is 3. The Morgan fingerprint density at radius 2 is 2.08 bits per heavy atom. The summed E-state index contributed by atoms with van der Waals surface area (Å²) in [5.41, 5.74) is 8.03. The van der Waals surface area contributed by atoms with E-state index in [0.29, 0.717) is 11.0 Å². The first kappa shape index (κ1) is 16.0. The van der Waals surface area contributed by atoms with Crippen LogP contribution in [0.15, 0.2) is 25.0 Å². The summed E-state index contributed by atoms with van der Waals surface area (Å²) in [5.74, 6) is 0.284. The molecule has 0 radical (unpaired) electrons. The lowest BCUT2D eigenvalue weighted by molar-refractivity contribution is -0.0508. The molecule has 3 aromatic rings. The highest BCUT2D eigenvalue weighted by molar-refractivity contribution is 5.99. The molecule has 0 saturated carbocycles. The van der Waals surface area contributed by atoms with E-state index in [0.717, 1.165) is 11.3 Å². The molecule has 1 fully saturated rings.